The molecule has 1 fully saturated rings. The normalized spacial score (nSPS) is 18.8. The van der Waals surface area contributed by atoms with Crippen molar-refractivity contribution >= 4 is 11.8 Å². The van der Waals surface area contributed by atoms with Crippen LogP contribution in [0, 0.1) is 11.7 Å². The summed E-state index contributed by atoms with van der Waals surface area (Å²) in [7, 11) is 1.49. The van der Waals surface area contributed by atoms with Crippen LogP contribution in [0.3, 0.4) is 0 Å². The highest BCUT2D eigenvalue weighted by Gasteiger charge is 2.35. The summed E-state index contributed by atoms with van der Waals surface area (Å²) in [5, 5.41) is 2.89. The molecule has 5 nitrogen and oxygen atoms in total. The zero-order valence-corrected chi connectivity index (χ0v) is 16.1. The average Bonchev–Trinajstić information content (AvgIpc) is 3.05. The average molecular weight is 384 g/mol. The lowest BCUT2D eigenvalue weighted by molar-refractivity contribution is -0.129. The monoisotopic (exact) mass is 384 g/mol. The van der Waals surface area contributed by atoms with E-state index in [2.05, 4.69) is 5.32 Å². The summed E-state index contributed by atoms with van der Waals surface area (Å²) in [6, 6.07) is 15.6. The van der Waals surface area contributed by atoms with E-state index in [1.54, 1.807) is 30.0 Å². The third-order valence-electron chi connectivity index (χ3n) is 5.09. The van der Waals surface area contributed by atoms with E-state index in [4.69, 9.17) is 4.74 Å². The Hall–Kier alpha value is -2.73. The van der Waals surface area contributed by atoms with E-state index >= 15 is 0 Å². The van der Waals surface area contributed by atoms with Gasteiger partial charge in [0, 0.05) is 32.2 Å². The molecule has 0 aliphatic carbocycles. The van der Waals surface area contributed by atoms with Crippen LogP contribution in [0.5, 0.6) is 0 Å². The highest BCUT2D eigenvalue weighted by atomic mass is 19.1. The lowest BCUT2D eigenvalue weighted by Gasteiger charge is -2.25. The smallest absolute Gasteiger partial charge is 0.225 e. The van der Waals surface area contributed by atoms with Crippen molar-refractivity contribution in [2.24, 2.45) is 5.92 Å². The number of likely N-dealkylation sites (tertiary alicyclic amines) is 1. The Morgan fingerprint density at radius 1 is 1.21 bits per heavy atom. The number of ether oxygens (including phenoxy) is 1. The van der Waals surface area contributed by atoms with Gasteiger partial charge in [-0.15, -0.1) is 0 Å². The van der Waals surface area contributed by atoms with Crippen LogP contribution in [0.2, 0.25) is 0 Å². The number of nitrogens with zero attached hydrogens (tertiary/aromatic N) is 1. The summed E-state index contributed by atoms with van der Waals surface area (Å²) >= 11 is 0. The number of methoxy groups -OCH3 is 1. The molecule has 1 saturated heterocycles. The largest absolute Gasteiger partial charge is 0.375 e. The maximum absolute atomic E-state index is 14.1. The summed E-state index contributed by atoms with van der Waals surface area (Å²) in [6.45, 7) is 2.65. The molecule has 2 aromatic carbocycles. The van der Waals surface area contributed by atoms with Gasteiger partial charge < -0.3 is 15.0 Å². The van der Waals surface area contributed by atoms with Crippen LogP contribution in [-0.4, -0.2) is 36.4 Å². The first kappa shape index (κ1) is 20.0. The summed E-state index contributed by atoms with van der Waals surface area (Å²) in [5.74, 6) is -1.04. The Bertz CT molecular complexity index is 828. The molecule has 28 heavy (non-hydrogen) atoms. The van der Waals surface area contributed by atoms with Crippen molar-refractivity contribution in [1.29, 1.82) is 0 Å². The minimum Gasteiger partial charge on any atom is -0.375 e. The predicted molar refractivity (Wildman–Crippen MR) is 104 cm³/mol. The number of hydrogen-bond donors (Lipinski definition) is 1. The maximum Gasteiger partial charge on any atom is 0.225 e. The molecule has 3 rings (SSSR count). The van der Waals surface area contributed by atoms with Gasteiger partial charge in [-0.25, -0.2) is 4.39 Å². The third kappa shape index (κ3) is 4.57. The number of rotatable bonds is 7. The van der Waals surface area contributed by atoms with Gasteiger partial charge >= 0.3 is 0 Å². The second-order valence-electron chi connectivity index (χ2n) is 7.14. The highest BCUT2D eigenvalue weighted by Crippen LogP contribution is 2.25. The van der Waals surface area contributed by atoms with Gasteiger partial charge in [0.15, 0.2) is 0 Å². The number of benzene rings is 2. The molecule has 148 valence electrons. The Morgan fingerprint density at radius 3 is 2.57 bits per heavy atom. The first-order valence-corrected chi connectivity index (χ1v) is 9.39. The fourth-order valence-electron chi connectivity index (χ4n) is 3.63. The van der Waals surface area contributed by atoms with Gasteiger partial charge in [-0.1, -0.05) is 48.5 Å². The highest BCUT2D eigenvalue weighted by molar-refractivity contribution is 5.89. The Balaban J connectivity index is 1.61. The van der Waals surface area contributed by atoms with Gasteiger partial charge in [0.05, 0.1) is 12.0 Å². The van der Waals surface area contributed by atoms with Crippen LogP contribution in [0.25, 0.3) is 0 Å². The summed E-state index contributed by atoms with van der Waals surface area (Å²) in [6.07, 6.45) is -0.425. The number of carbonyl (C=O) groups excluding carboxylic acids is 2. The van der Waals surface area contributed by atoms with Crippen LogP contribution < -0.4 is 5.32 Å². The predicted octanol–water partition coefficient (Wildman–Crippen LogP) is 3.07. The molecule has 2 amide bonds. The Kier molecular flexibility index (Phi) is 6.41. The first-order valence-electron chi connectivity index (χ1n) is 9.39. The van der Waals surface area contributed by atoms with Gasteiger partial charge in [0.1, 0.15) is 11.9 Å². The van der Waals surface area contributed by atoms with Crippen molar-refractivity contribution in [3.63, 3.8) is 0 Å². The molecule has 1 aliphatic heterocycles. The van der Waals surface area contributed by atoms with Crippen LogP contribution >= 0.6 is 0 Å². The number of amides is 2. The fourth-order valence-corrected chi connectivity index (χ4v) is 3.63. The van der Waals surface area contributed by atoms with E-state index in [-0.39, 0.29) is 24.1 Å². The van der Waals surface area contributed by atoms with Crippen molar-refractivity contribution in [2.45, 2.75) is 32.0 Å². The van der Waals surface area contributed by atoms with Crippen LogP contribution in [-0.2, 0) is 20.9 Å². The van der Waals surface area contributed by atoms with Gasteiger partial charge in [0.2, 0.25) is 11.8 Å². The molecule has 0 saturated carbocycles. The minimum atomic E-state index is -0.609. The second-order valence-corrected chi connectivity index (χ2v) is 7.14. The SMILES string of the molecule is CO[C@H](c1ccccc1F)[C@H](C)NC(=O)[C@H]1CC(=O)N(Cc2ccccc2)C1. The second kappa shape index (κ2) is 8.97. The number of halogens is 1. The molecule has 1 N–H and O–H groups in total. The van der Waals surface area contributed by atoms with Crippen LogP contribution in [0.15, 0.2) is 54.6 Å². The maximum atomic E-state index is 14.1. The molecule has 0 unspecified atom stereocenters. The molecule has 0 spiro atoms. The van der Waals surface area contributed by atoms with Crippen molar-refractivity contribution in [3.05, 3.63) is 71.5 Å². The van der Waals surface area contributed by atoms with Gasteiger partial charge in [-0.05, 0) is 18.6 Å². The lowest BCUT2D eigenvalue weighted by atomic mass is 10.0. The number of hydrogen-bond acceptors (Lipinski definition) is 3. The van der Waals surface area contributed by atoms with Crippen molar-refractivity contribution < 1.29 is 18.7 Å². The summed E-state index contributed by atoms with van der Waals surface area (Å²) in [4.78, 5) is 26.7. The molecule has 3 atom stereocenters. The third-order valence-corrected chi connectivity index (χ3v) is 5.09. The van der Waals surface area contributed by atoms with E-state index in [0.29, 0.717) is 18.7 Å². The van der Waals surface area contributed by atoms with Crippen LogP contribution in [0.1, 0.15) is 30.6 Å². The van der Waals surface area contributed by atoms with E-state index in [0.717, 1.165) is 5.56 Å². The van der Waals surface area contributed by atoms with Gasteiger partial charge in [0.25, 0.3) is 0 Å². The zero-order chi connectivity index (χ0) is 20.1. The van der Waals surface area contributed by atoms with Gasteiger partial charge in [-0.3, -0.25) is 9.59 Å². The molecule has 0 radical (unpaired) electrons. The minimum absolute atomic E-state index is 0.0333. The Labute approximate surface area is 164 Å². The fraction of sp³-hybridized carbons (Fsp3) is 0.364. The molecular weight excluding hydrogens is 359 g/mol. The molecular formula is C22H25FN2O3. The van der Waals surface area contributed by atoms with E-state index in [1.807, 2.05) is 30.3 Å². The lowest BCUT2D eigenvalue weighted by Crippen LogP contribution is -2.42. The van der Waals surface area contributed by atoms with Crippen molar-refractivity contribution in [1.82, 2.24) is 10.2 Å². The van der Waals surface area contributed by atoms with Gasteiger partial charge in [-0.2, -0.15) is 0 Å². The van der Waals surface area contributed by atoms with E-state index < -0.39 is 18.1 Å². The zero-order valence-electron chi connectivity index (χ0n) is 16.1. The van der Waals surface area contributed by atoms with Crippen molar-refractivity contribution in [2.75, 3.05) is 13.7 Å². The summed E-state index contributed by atoms with van der Waals surface area (Å²) in [5.41, 5.74) is 1.43. The molecule has 1 heterocycles. The van der Waals surface area contributed by atoms with Crippen LogP contribution in [0.4, 0.5) is 4.39 Å². The molecule has 0 aromatic heterocycles. The quantitative estimate of drug-likeness (QED) is 0.798. The molecule has 2 aromatic rings. The molecule has 1 aliphatic rings. The van der Waals surface area contributed by atoms with E-state index in [9.17, 15) is 14.0 Å². The first-order chi connectivity index (χ1) is 13.5. The summed E-state index contributed by atoms with van der Waals surface area (Å²) < 4.78 is 19.5. The number of nitrogens with one attached hydrogen (secondary N) is 1. The number of carbonyl (C=O) groups is 2. The standard InChI is InChI=1S/C22H25FN2O3/c1-15(21(28-2)18-10-6-7-11-19(18)23)24-22(27)17-12-20(26)25(14-17)13-16-8-4-3-5-9-16/h3-11,15,17,21H,12-14H2,1-2H3,(H,24,27)/t15-,17-,21-/m0/s1. The molecule has 6 heteroatoms. The van der Waals surface area contributed by atoms with Crippen molar-refractivity contribution in [3.8, 4) is 0 Å². The topological polar surface area (TPSA) is 58.6 Å². The molecule has 0 bridgehead atoms. The Morgan fingerprint density at radius 2 is 1.89 bits per heavy atom. The van der Waals surface area contributed by atoms with E-state index in [1.165, 1.54) is 13.2 Å².